The van der Waals surface area contributed by atoms with Crippen LogP contribution in [0.4, 0.5) is 11.8 Å². The fourth-order valence-electron chi connectivity index (χ4n) is 2.95. The molecule has 1 aliphatic rings. The largest absolute Gasteiger partial charge is 0.368 e. The molecule has 0 saturated heterocycles. The predicted octanol–water partition coefficient (Wildman–Crippen LogP) is 2.96. The zero-order valence-corrected chi connectivity index (χ0v) is 12.4. The molecular weight excluding hydrogens is 276 g/mol. The first-order valence-electron chi connectivity index (χ1n) is 7.48. The quantitative estimate of drug-likeness (QED) is 0.690. The van der Waals surface area contributed by atoms with E-state index in [0.717, 1.165) is 40.8 Å². The molecule has 0 spiro atoms. The Morgan fingerprint density at radius 2 is 2.09 bits per heavy atom. The Labute approximate surface area is 128 Å². The Morgan fingerprint density at radius 1 is 1.23 bits per heavy atom. The van der Waals surface area contributed by atoms with Gasteiger partial charge in [-0.3, -0.25) is 5.10 Å². The van der Waals surface area contributed by atoms with Crippen molar-refractivity contribution in [2.75, 3.05) is 11.1 Å². The van der Waals surface area contributed by atoms with Crippen molar-refractivity contribution in [3.63, 3.8) is 0 Å². The lowest BCUT2D eigenvalue weighted by atomic mass is 9.78. The highest BCUT2D eigenvalue weighted by Crippen LogP contribution is 2.36. The second-order valence-electron chi connectivity index (χ2n) is 6.17. The highest BCUT2D eigenvalue weighted by Gasteiger charge is 2.32. The average molecular weight is 294 g/mol. The van der Waals surface area contributed by atoms with Crippen LogP contribution < -0.4 is 11.1 Å². The lowest BCUT2D eigenvalue weighted by Gasteiger charge is -2.39. The fraction of sp³-hybridized carbons (Fsp3) is 0.312. The van der Waals surface area contributed by atoms with Crippen molar-refractivity contribution in [1.82, 2.24) is 20.2 Å². The number of nitrogens with zero attached hydrogens (tertiary/aromatic N) is 3. The zero-order chi connectivity index (χ0) is 15.2. The van der Waals surface area contributed by atoms with E-state index in [4.69, 9.17) is 5.73 Å². The van der Waals surface area contributed by atoms with Crippen LogP contribution in [0.25, 0.3) is 22.2 Å². The molecule has 0 atom stereocenters. The molecule has 6 heteroatoms. The first kappa shape index (κ1) is 13.1. The Kier molecular flexibility index (Phi) is 2.79. The maximum absolute atomic E-state index is 5.89. The van der Waals surface area contributed by atoms with Gasteiger partial charge in [0.25, 0.3) is 0 Å². The number of benzene rings is 1. The van der Waals surface area contributed by atoms with Crippen molar-refractivity contribution < 1.29 is 0 Å². The second-order valence-corrected chi connectivity index (χ2v) is 6.17. The van der Waals surface area contributed by atoms with Gasteiger partial charge in [0.15, 0.2) is 0 Å². The predicted molar refractivity (Wildman–Crippen MR) is 87.4 cm³/mol. The number of hydrogen-bond donors (Lipinski definition) is 3. The van der Waals surface area contributed by atoms with Crippen molar-refractivity contribution in [2.45, 2.75) is 31.7 Å². The van der Waals surface area contributed by atoms with Crippen molar-refractivity contribution in [3.8, 4) is 11.3 Å². The first-order chi connectivity index (χ1) is 10.6. The van der Waals surface area contributed by atoms with E-state index < -0.39 is 0 Å². The molecule has 1 aromatic carbocycles. The molecule has 4 N–H and O–H groups in total. The van der Waals surface area contributed by atoms with Crippen LogP contribution in [0, 0.1) is 0 Å². The molecule has 22 heavy (non-hydrogen) atoms. The summed E-state index contributed by atoms with van der Waals surface area (Å²) in [6.07, 6.45) is 5.31. The Balaban J connectivity index is 1.81. The summed E-state index contributed by atoms with van der Waals surface area (Å²) in [5, 5.41) is 11.5. The molecule has 1 saturated carbocycles. The number of nitrogens with one attached hydrogen (secondary N) is 2. The Morgan fingerprint density at radius 3 is 2.77 bits per heavy atom. The summed E-state index contributed by atoms with van der Waals surface area (Å²) in [6.45, 7) is 2.22. The van der Waals surface area contributed by atoms with Gasteiger partial charge in [0, 0.05) is 22.7 Å². The monoisotopic (exact) mass is 294 g/mol. The number of aromatic nitrogens is 4. The van der Waals surface area contributed by atoms with Crippen molar-refractivity contribution in [2.24, 2.45) is 0 Å². The number of anilines is 2. The molecule has 0 amide bonds. The third-order valence-corrected chi connectivity index (χ3v) is 4.40. The molecule has 6 nitrogen and oxygen atoms in total. The topological polar surface area (TPSA) is 92.5 Å². The molecule has 4 rings (SSSR count). The molecule has 112 valence electrons. The smallest absolute Gasteiger partial charge is 0.222 e. The Hall–Kier alpha value is -2.63. The number of fused-ring (bicyclic) bond motifs is 1. The highest BCUT2D eigenvalue weighted by atomic mass is 15.1. The second kappa shape index (κ2) is 4.69. The Bertz CT molecular complexity index is 820. The van der Waals surface area contributed by atoms with Crippen LogP contribution in [-0.4, -0.2) is 25.7 Å². The van der Waals surface area contributed by atoms with Gasteiger partial charge >= 0.3 is 0 Å². The number of hydrogen-bond acceptors (Lipinski definition) is 5. The number of nitrogens with two attached hydrogens (primary N) is 1. The molecule has 0 aliphatic heterocycles. The summed E-state index contributed by atoms with van der Waals surface area (Å²) in [6, 6.07) is 8.02. The summed E-state index contributed by atoms with van der Waals surface area (Å²) in [4.78, 5) is 8.77. The molecule has 2 aromatic heterocycles. The maximum atomic E-state index is 5.89. The van der Waals surface area contributed by atoms with E-state index in [9.17, 15) is 0 Å². The lowest BCUT2D eigenvalue weighted by molar-refractivity contribution is 0.306. The molecule has 1 aliphatic carbocycles. The standard InChI is InChI=1S/C16H18N6/c1-16(6-2-7-16)21-14-11-4-3-10(12-5-8-18-22-12)9-13(11)19-15(17)20-14/h3-5,8-9H,2,6-7H2,1H3,(H,18,22)(H3,17,19,20,21). The minimum atomic E-state index is 0.121. The minimum Gasteiger partial charge on any atom is -0.368 e. The normalized spacial score (nSPS) is 16.4. The fourth-order valence-corrected chi connectivity index (χ4v) is 2.95. The average Bonchev–Trinajstić information content (AvgIpc) is 2.99. The molecule has 0 bridgehead atoms. The molecule has 3 aromatic rings. The van der Waals surface area contributed by atoms with Crippen LogP contribution in [0.15, 0.2) is 30.5 Å². The van der Waals surface area contributed by atoms with E-state index in [1.165, 1.54) is 6.42 Å². The van der Waals surface area contributed by atoms with Gasteiger partial charge in [-0.1, -0.05) is 6.07 Å². The SMILES string of the molecule is CC1(Nc2nc(N)nc3cc(-c4ccn[nH]4)ccc23)CCC1. The van der Waals surface area contributed by atoms with E-state index in [2.05, 4.69) is 32.4 Å². The van der Waals surface area contributed by atoms with E-state index >= 15 is 0 Å². The van der Waals surface area contributed by atoms with Gasteiger partial charge in [-0.25, -0.2) is 4.98 Å². The van der Waals surface area contributed by atoms with Gasteiger partial charge in [0.2, 0.25) is 5.95 Å². The van der Waals surface area contributed by atoms with E-state index in [1.54, 1.807) is 6.20 Å². The van der Waals surface area contributed by atoms with Crippen LogP contribution in [0.2, 0.25) is 0 Å². The molecule has 0 unspecified atom stereocenters. The van der Waals surface area contributed by atoms with Crippen molar-refractivity contribution in [3.05, 3.63) is 30.5 Å². The van der Waals surface area contributed by atoms with E-state index in [-0.39, 0.29) is 5.54 Å². The van der Waals surface area contributed by atoms with E-state index in [0.29, 0.717) is 5.95 Å². The summed E-state index contributed by atoms with van der Waals surface area (Å²) < 4.78 is 0. The summed E-state index contributed by atoms with van der Waals surface area (Å²) in [5.41, 5.74) is 8.84. The van der Waals surface area contributed by atoms with Gasteiger partial charge in [0.05, 0.1) is 11.2 Å². The van der Waals surface area contributed by atoms with Gasteiger partial charge in [0.1, 0.15) is 5.82 Å². The lowest BCUT2D eigenvalue weighted by Crippen LogP contribution is -2.42. The number of nitrogen functional groups attached to an aromatic ring is 1. The van der Waals surface area contributed by atoms with Crippen LogP contribution in [0.3, 0.4) is 0 Å². The zero-order valence-electron chi connectivity index (χ0n) is 12.4. The highest BCUT2D eigenvalue weighted by molar-refractivity contribution is 5.92. The van der Waals surface area contributed by atoms with Gasteiger partial charge < -0.3 is 11.1 Å². The number of rotatable bonds is 3. The first-order valence-corrected chi connectivity index (χ1v) is 7.48. The van der Waals surface area contributed by atoms with E-state index in [1.807, 2.05) is 24.3 Å². The van der Waals surface area contributed by atoms with Crippen LogP contribution in [0.1, 0.15) is 26.2 Å². The summed E-state index contributed by atoms with van der Waals surface area (Å²) >= 11 is 0. The maximum Gasteiger partial charge on any atom is 0.222 e. The minimum absolute atomic E-state index is 0.121. The summed E-state index contributed by atoms with van der Waals surface area (Å²) in [5.74, 6) is 1.11. The molecule has 0 radical (unpaired) electrons. The van der Waals surface area contributed by atoms with Crippen molar-refractivity contribution >= 4 is 22.7 Å². The van der Waals surface area contributed by atoms with Gasteiger partial charge in [-0.2, -0.15) is 10.1 Å². The molecular formula is C16H18N6. The van der Waals surface area contributed by atoms with Gasteiger partial charge in [-0.15, -0.1) is 0 Å². The molecule has 2 heterocycles. The third kappa shape index (κ3) is 2.16. The van der Waals surface area contributed by atoms with Crippen LogP contribution >= 0.6 is 0 Å². The number of H-pyrrole nitrogens is 1. The third-order valence-electron chi connectivity index (χ3n) is 4.40. The number of aromatic amines is 1. The molecule has 1 fully saturated rings. The summed E-state index contributed by atoms with van der Waals surface area (Å²) in [7, 11) is 0. The van der Waals surface area contributed by atoms with Crippen molar-refractivity contribution in [1.29, 1.82) is 0 Å². The van der Waals surface area contributed by atoms with Crippen LogP contribution in [-0.2, 0) is 0 Å². The van der Waals surface area contributed by atoms with Gasteiger partial charge in [-0.05, 0) is 44.4 Å². The van der Waals surface area contributed by atoms with Crippen LogP contribution in [0.5, 0.6) is 0 Å².